The van der Waals surface area contributed by atoms with E-state index < -0.39 is 32.5 Å². The van der Waals surface area contributed by atoms with E-state index in [4.69, 9.17) is 25.8 Å². The number of carbonyl (C=O) groups is 2. The van der Waals surface area contributed by atoms with Crippen molar-refractivity contribution in [1.82, 2.24) is 0 Å². The summed E-state index contributed by atoms with van der Waals surface area (Å²) in [6.45, 7) is 0.576. The fourth-order valence-electron chi connectivity index (χ4n) is 4.10. The lowest BCUT2D eigenvalue weighted by Gasteiger charge is -2.21. The van der Waals surface area contributed by atoms with E-state index in [1.165, 1.54) is 51.4 Å². The lowest BCUT2D eigenvalue weighted by Crippen LogP contribution is -2.30. The van der Waals surface area contributed by atoms with Gasteiger partial charge in [0, 0.05) is 12.8 Å². The first-order valence-electron chi connectivity index (χ1n) is 14.7. The SMILES string of the molecule is NCCCCCCCCCCCC(=O)OCC(COP(=O)([O-])O)OC(=O)CCCCCCCCCCCN. The number of carbonyl (C=O) groups excluding carboxylic acids is 2. The molecule has 0 saturated heterocycles. The van der Waals surface area contributed by atoms with Gasteiger partial charge in [0.2, 0.25) is 0 Å². The second kappa shape index (κ2) is 26.2. The van der Waals surface area contributed by atoms with Crippen LogP contribution in [0.4, 0.5) is 0 Å². The summed E-state index contributed by atoms with van der Waals surface area (Å²) in [5, 5.41) is 0. The standard InChI is InChI=1S/C27H55N2O8P/c28-21-17-13-9-5-1-3-7-11-15-19-26(30)35-23-25(24-36-38(32,33)34)37-27(31)20-16-12-8-4-2-6-10-14-18-22-29/h25H,1-24,28-29H2,(H2,32,33,34)/p-1. The van der Waals surface area contributed by atoms with E-state index in [1.54, 1.807) is 0 Å². The summed E-state index contributed by atoms with van der Waals surface area (Å²) in [4.78, 5) is 44.0. The summed E-state index contributed by atoms with van der Waals surface area (Å²) < 4.78 is 25.7. The van der Waals surface area contributed by atoms with Gasteiger partial charge in [0.05, 0.1) is 6.61 Å². The normalized spacial score (nSPS) is 13.7. The minimum atomic E-state index is -4.99. The Morgan fingerprint density at radius 3 is 1.39 bits per heavy atom. The van der Waals surface area contributed by atoms with Gasteiger partial charge in [0.15, 0.2) is 6.10 Å². The quantitative estimate of drug-likeness (QED) is 0.0688. The molecular weight excluding hydrogens is 511 g/mol. The van der Waals surface area contributed by atoms with Gasteiger partial charge in [-0.15, -0.1) is 0 Å². The van der Waals surface area contributed by atoms with E-state index in [2.05, 4.69) is 4.52 Å². The van der Waals surface area contributed by atoms with Gasteiger partial charge in [-0.2, -0.15) is 0 Å². The molecule has 0 aliphatic carbocycles. The number of rotatable bonds is 28. The van der Waals surface area contributed by atoms with E-state index in [-0.39, 0.29) is 19.4 Å². The number of ether oxygens (including phenoxy) is 2. The maximum Gasteiger partial charge on any atom is 0.306 e. The second-order valence-electron chi connectivity index (χ2n) is 10.0. The van der Waals surface area contributed by atoms with Crippen molar-refractivity contribution in [3.8, 4) is 0 Å². The molecule has 0 aliphatic heterocycles. The molecule has 0 amide bonds. The summed E-state index contributed by atoms with van der Waals surface area (Å²) in [7, 11) is -4.99. The van der Waals surface area contributed by atoms with E-state index in [0.29, 0.717) is 12.8 Å². The highest BCUT2D eigenvalue weighted by molar-refractivity contribution is 7.44. The molecule has 5 N–H and O–H groups in total. The maximum absolute atomic E-state index is 12.2. The molecule has 0 spiro atoms. The van der Waals surface area contributed by atoms with Crippen molar-refractivity contribution >= 4 is 19.8 Å². The summed E-state index contributed by atoms with van der Waals surface area (Å²) in [6.07, 6.45) is 18.6. The van der Waals surface area contributed by atoms with E-state index in [0.717, 1.165) is 64.5 Å². The summed E-state index contributed by atoms with van der Waals surface area (Å²) in [5.41, 5.74) is 11.0. The molecule has 0 bridgehead atoms. The third-order valence-corrected chi connectivity index (χ3v) is 6.80. The van der Waals surface area contributed by atoms with Gasteiger partial charge in [-0.1, -0.05) is 89.9 Å². The van der Waals surface area contributed by atoms with Crippen LogP contribution >= 0.6 is 7.82 Å². The smallest absolute Gasteiger partial charge is 0.306 e. The Morgan fingerprint density at radius 2 is 1.00 bits per heavy atom. The summed E-state index contributed by atoms with van der Waals surface area (Å²) >= 11 is 0. The first kappa shape index (κ1) is 37.0. The minimum absolute atomic E-state index is 0.183. The van der Waals surface area contributed by atoms with Crippen molar-refractivity contribution in [2.45, 2.75) is 135 Å². The molecule has 0 aromatic carbocycles. The number of phosphoric acid groups is 1. The van der Waals surface area contributed by atoms with E-state index in [1.807, 2.05) is 0 Å². The van der Waals surface area contributed by atoms with Gasteiger partial charge < -0.3 is 35.3 Å². The molecular formula is C27H54N2O8P-. The Morgan fingerprint density at radius 1 is 0.632 bits per heavy atom. The van der Waals surface area contributed by atoms with Gasteiger partial charge in [-0.25, -0.2) is 0 Å². The lowest BCUT2D eigenvalue weighted by molar-refractivity contribution is -0.223. The van der Waals surface area contributed by atoms with Crippen LogP contribution in [0.2, 0.25) is 0 Å². The van der Waals surface area contributed by atoms with Crippen LogP contribution in [0.3, 0.4) is 0 Å². The molecule has 226 valence electrons. The molecule has 11 heteroatoms. The van der Waals surface area contributed by atoms with Gasteiger partial charge in [-0.3, -0.25) is 14.2 Å². The number of nitrogens with two attached hydrogens (primary N) is 2. The largest absolute Gasteiger partial charge is 0.756 e. The predicted molar refractivity (Wildman–Crippen MR) is 147 cm³/mol. The van der Waals surface area contributed by atoms with Crippen molar-refractivity contribution in [3.05, 3.63) is 0 Å². The van der Waals surface area contributed by atoms with Crippen LogP contribution in [-0.2, 0) is 28.2 Å². The highest BCUT2D eigenvalue weighted by atomic mass is 31.2. The molecule has 0 rings (SSSR count). The highest BCUT2D eigenvalue weighted by Crippen LogP contribution is 2.30. The zero-order valence-corrected chi connectivity index (χ0v) is 24.3. The molecule has 10 nitrogen and oxygen atoms in total. The molecule has 0 fully saturated rings. The Kier molecular flexibility index (Phi) is 25.5. The average Bonchev–Trinajstić information content (AvgIpc) is 2.87. The van der Waals surface area contributed by atoms with Gasteiger partial charge in [0.25, 0.3) is 7.82 Å². The second-order valence-corrected chi connectivity index (χ2v) is 11.2. The van der Waals surface area contributed by atoms with Crippen LogP contribution in [0.25, 0.3) is 0 Å². The number of phosphoric ester groups is 1. The fraction of sp³-hybridized carbons (Fsp3) is 0.926. The molecule has 2 unspecified atom stereocenters. The minimum Gasteiger partial charge on any atom is -0.756 e. The lowest BCUT2D eigenvalue weighted by atomic mass is 10.1. The monoisotopic (exact) mass is 565 g/mol. The van der Waals surface area contributed by atoms with Crippen molar-refractivity contribution < 1.29 is 37.9 Å². The molecule has 0 aliphatic rings. The Labute approximate surface area is 230 Å². The van der Waals surface area contributed by atoms with Gasteiger partial charge in [0.1, 0.15) is 6.61 Å². The molecule has 0 saturated carbocycles. The van der Waals surface area contributed by atoms with Crippen LogP contribution in [0.15, 0.2) is 0 Å². The van der Waals surface area contributed by atoms with Crippen LogP contribution < -0.4 is 16.4 Å². The predicted octanol–water partition coefficient (Wildman–Crippen LogP) is 4.64. The first-order valence-corrected chi connectivity index (χ1v) is 16.2. The topological polar surface area (TPSA) is 174 Å². The first-order chi connectivity index (χ1) is 18.3. The van der Waals surface area contributed by atoms with E-state index >= 15 is 0 Å². The van der Waals surface area contributed by atoms with Crippen molar-refractivity contribution in [3.63, 3.8) is 0 Å². The summed E-state index contributed by atoms with van der Waals surface area (Å²) in [5.74, 6) is -0.955. The summed E-state index contributed by atoms with van der Waals surface area (Å²) in [6, 6.07) is 0. The Hall–Kier alpha value is -1.03. The fourth-order valence-corrected chi connectivity index (χ4v) is 4.45. The average molecular weight is 566 g/mol. The van der Waals surface area contributed by atoms with Crippen LogP contribution in [0, 0.1) is 0 Å². The van der Waals surface area contributed by atoms with Crippen LogP contribution in [-0.4, -0.2) is 49.2 Å². The third kappa shape index (κ3) is 28.0. The number of hydrogen-bond acceptors (Lipinski definition) is 9. The number of esters is 2. The zero-order valence-electron chi connectivity index (χ0n) is 23.5. The van der Waals surface area contributed by atoms with Crippen LogP contribution in [0.5, 0.6) is 0 Å². The Balaban J connectivity index is 4.04. The van der Waals surface area contributed by atoms with Crippen molar-refractivity contribution in [2.24, 2.45) is 11.5 Å². The molecule has 0 aromatic heterocycles. The maximum atomic E-state index is 12.2. The molecule has 0 heterocycles. The Bertz CT molecular complexity index is 618. The van der Waals surface area contributed by atoms with Gasteiger partial charge >= 0.3 is 11.9 Å². The van der Waals surface area contributed by atoms with Crippen molar-refractivity contribution in [2.75, 3.05) is 26.3 Å². The van der Waals surface area contributed by atoms with Crippen LogP contribution in [0.1, 0.15) is 128 Å². The molecule has 38 heavy (non-hydrogen) atoms. The number of hydrogen-bond donors (Lipinski definition) is 3. The molecule has 2 atom stereocenters. The van der Waals surface area contributed by atoms with Crippen molar-refractivity contribution in [1.29, 1.82) is 0 Å². The van der Waals surface area contributed by atoms with E-state index in [9.17, 15) is 19.0 Å². The highest BCUT2D eigenvalue weighted by Gasteiger charge is 2.19. The zero-order chi connectivity index (χ0) is 28.3. The van der Waals surface area contributed by atoms with Gasteiger partial charge in [-0.05, 0) is 38.8 Å². The number of unbranched alkanes of at least 4 members (excludes halogenated alkanes) is 16. The molecule has 0 radical (unpaired) electrons. The molecule has 0 aromatic rings. The third-order valence-electron chi connectivity index (χ3n) is 6.32.